The third-order valence-electron chi connectivity index (χ3n) is 4.28. The Bertz CT molecular complexity index is 1060. The number of rotatable bonds is 2. The lowest BCUT2D eigenvalue weighted by Crippen LogP contribution is -2.35. The number of aromatic amines is 1. The minimum absolute atomic E-state index is 0.122. The second-order valence-electron chi connectivity index (χ2n) is 5.91. The van der Waals surface area contributed by atoms with Gasteiger partial charge in [0, 0.05) is 17.0 Å². The van der Waals surface area contributed by atoms with Gasteiger partial charge in [0.15, 0.2) is 0 Å². The summed E-state index contributed by atoms with van der Waals surface area (Å²) >= 11 is 0. The van der Waals surface area contributed by atoms with Crippen LogP contribution in [-0.2, 0) is 6.18 Å². The Morgan fingerprint density at radius 1 is 1.22 bits per heavy atom. The highest BCUT2D eigenvalue weighted by Crippen LogP contribution is 2.34. The van der Waals surface area contributed by atoms with Gasteiger partial charge in [0.25, 0.3) is 0 Å². The number of hydrogen-bond donors (Lipinski definition) is 1. The summed E-state index contributed by atoms with van der Waals surface area (Å²) < 4.78 is 38.4. The smallest absolute Gasteiger partial charge is 0.320 e. The van der Waals surface area contributed by atoms with Crippen LogP contribution in [0.25, 0.3) is 10.8 Å². The van der Waals surface area contributed by atoms with Crippen LogP contribution in [0, 0.1) is 11.3 Å². The van der Waals surface area contributed by atoms with Crippen LogP contribution in [0.4, 0.5) is 29.6 Å². The Labute approximate surface area is 150 Å². The largest absolute Gasteiger partial charge is 0.432 e. The maximum absolute atomic E-state index is 12.9. The van der Waals surface area contributed by atoms with E-state index in [2.05, 4.69) is 15.0 Å². The summed E-state index contributed by atoms with van der Waals surface area (Å²) in [5.41, 5.74) is -0.654. The Morgan fingerprint density at radius 3 is 2.70 bits per heavy atom. The zero-order valence-electron chi connectivity index (χ0n) is 13.6. The number of nitrogens with one attached hydrogen (secondary N) is 1. The average molecular weight is 372 g/mol. The summed E-state index contributed by atoms with van der Waals surface area (Å²) in [5, 5.41) is 11.0. The van der Waals surface area contributed by atoms with E-state index in [1.165, 1.54) is 11.1 Å². The Balaban J connectivity index is 1.75. The van der Waals surface area contributed by atoms with E-state index in [1.807, 2.05) is 18.2 Å². The van der Waals surface area contributed by atoms with Crippen molar-refractivity contribution >= 4 is 28.4 Å². The number of H-pyrrole nitrogens is 1. The lowest BCUT2D eigenvalue weighted by Gasteiger charge is -2.20. The van der Waals surface area contributed by atoms with Crippen molar-refractivity contribution in [1.82, 2.24) is 15.0 Å². The number of hydrogen-bond acceptors (Lipinski definition) is 4. The van der Waals surface area contributed by atoms with Crippen molar-refractivity contribution in [2.45, 2.75) is 12.2 Å². The zero-order valence-corrected chi connectivity index (χ0v) is 13.6. The number of nitrogens with zero attached hydrogens (tertiary/aromatic N) is 5. The first-order valence-corrected chi connectivity index (χ1v) is 7.85. The van der Waals surface area contributed by atoms with Crippen molar-refractivity contribution in [3.05, 3.63) is 48.5 Å². The van der Waals surface area contributed by atoms with Gasteiger partial charge in [-0.1, -0.05) is 24.3 Å². The van der Waals surface area contributed by atoms with Crippen LogP contribution in [-0.4, -0.2) is 33.6 Å². The molecular formula is C17H11F3N6O. The molecule has 7 nitrogen and oxygen atoms in total. The molecule has 1 saturated heterocycles. The monoisotopic (exact) mass is 372 g/mol. The molecule has 10 heteroatoms. The number of aromatic nitrogens is 3. The number of alkyl halides is 3. The average Bonchev–Trinajstić information content (AvgIpc) is 3.25. The first-order valence-electron chi connectivity index (χ1n) is 7.85. The highest BCUT2D eigenvalue weighted by Gasteiger charge is 2.42. The summed E-state index contributed by atoms with van der Waals surface area (Å²) in [5.74, 6) is -0.261. The molecule has 0 unspecified atom stereocenters. The molecular weight excluding hydrogens is 361 g/mol. The van der Waals surface area contributed by atoms with Gasteiger partial charge in [-0.2, -0.15) is 18.4 Å². The molecule has 0 radical (unpaired) electrons. The fourth-order valence-electron chi connectivity index (χ4n) is 3.03. The van der Waals surface area contributed by atoms with Crippen molar-refractivity contribution in [3.63, 3.8) is 0 Å². The molecule has 0 bridgehead atoms. The van der Waals surface area contributed by atoms with E-state index in [0.29, 0.717) is 17.3 Å². The molecule has 3 heterocycles. The van der Waals surface area contributed by atoms with E-state index in [4.69, 9.17) is 0 Å². The van der Waals surface area contributed by atoms with Crippen LogP contribution >= 0.6 is 0 Å². The normalized spacial score (nSPS) is 17.6. The number of carbonyl (C=O) groups is 1. The maximum Gasteiger partial charge on any atom is 0.432 e. The first-order chi connectivity index (χ1) is 12.9. The van der Waals surface area contributed by atoms with E-state index < -0.39 is 23.9 Å². The summed E-state index contributed by atoms with van der Waals surface area (Å²) in [4.78, 5) is 25.0. The molecule has 1 N–H and O–H groups in total. The van der Waals surface area contributed by atoms with E-state index in [9.17, 15) is 23.2 Å². The summed E-state index contributed by atoms with van der Waals surface area (Å²) in [6.45, 7) is -0.122. The topological polar surface area (TPSA) is 88.9 Å². The van der Waals surface area contributed by atoms with Gasteiger partial charge >= 0.3 is 12.2 Å². The second-order valence-corrected chi connectivity index (χ2v) is 5.91. The second kappa shape index (κ2) is 5.98. The van der Waals surface area contributed by atoms with Crippen molar-refractivity contribution < 1.29 is 18.0 Å². The number of amides is 2. The highest BCUT2D eigenvalue weighted by molar-refractivity contribution is 6.11. The molecule has 27 heavy (non-hydrogen) atoms. The molecule has 136 valence electrons. The molecule has 1 aromatic carbocycles. The lowest BCUT2D eigenvalue weighted by molar-refractivity contribution is -0.140. The van der Waals surface area contributed by atoms with Gasteiger partial charge < -0.3 is 4.98 Å². The quantitative estimate of drug-likeness (QED) is 0.747. The minimum Gasteiger partial charge on any atom is -0.320 e. The molecule has 1 atom stereocenters. The molecule has 1 fully saturated rings. The molecule has 2 aromatic heterocycles. The highest BCUT2D eigenvalue weighted by atomic mass is 19.4. The molecule has 4 rings (SSSR count). The predicted octanol–water partition coefficient (Wildman–Crippen LogP) is 3.32. The molecule has 0 aliphatic carbocycles. The van der Waals surface area contributed by atoms with Crippen LogP contribution in [0.3, 0.4) is 0 Å². The van der Waals surface area contributed by atoms with Crippen molar-refractivity contribution in [2.24, 2.45) is 0 Å². The fraction of sp³-hybridized carbons (Fsp3) is 0.176. The Morgan fingerprint density at radius 2 is 2.00 bits per heavy atom. The van der Waals surface area contributed by atoms with Crippen molar-refractivity contribution in [3.8, 4) is 6.07 Å². The molecule has 3 aromatic rings. The number of halogens is 3. The van der Waals surface area contributed by atoms with E-state index >= 15 is 0 Å². The van der Waals surface area contributed by atoms with Gasteiger partial charge in [-0.25, -0.2) is 9.78 Å². The number of benzene rings is 1. The van der Waals surface area contributed by atoms with Crippen LogP contribution in [0.1, 0.15) is 5.69 Å². The number of imidazole rings is 1. The van der Waals surface area contributed by atoms with Crippen LogP contribution in [0.5, 0.6) is 0 Å². The SMILES string of the molecule is N#C[C@H]1CN(c2ncc(C(F)(F)F)[nH]2)C(=O)N1c1cncc2ccccc12. The number of fused-ring (bicyclic) bond motifs is 1. The third kappa shape index (κ3) is 2.73. The number of nitriles is 1. The van der Waals surface area contributed by atoms with Gasteiger partial charge in [-0.3, -0.25) is 14.8 Å². The third-order valence-corrected chi connectivity index (χ3v) is 4.28. The van der Waals surface area contributed by atoms with E-state index in [0.717, 1.165) is 10.3 Å². The van der Waals surface area contributed by atoms with Crippen molar-refractivity contribution in [1.29, 1.82) is 5.26 Å². The maximum atomic E-state index is 12.9. The molecule has 2 amide bonds. The van der Waals surface area contributed by atoms with Crippen LogP contribution in [0.15, 0.2) is 42.9 Å². The minimum atomic E-state index is -4.61. The number of carbonyl (C=O) groups excluding carboxylic acids is 1. The van der Waals surface area contributed by atoms with Gasteiger partial charge in [0.1, 0.15) is 11.7 Å². The van der Waals surface area contributed by atoms with E-state index in [1.54, 1.807) is 18.3 Å². The Kier molecular flexibility index (Phi) is 3.73. The molecule has 1 aliphatic rings. The lowest BCUT2D eigenvalue weighted by atomic mass is 10.1. The number of pyridine rings is 1. The first kappa shape index (κ1) is 16.8. The van der Waals surface area contributed by atoms with Gasteiger partial charge in [0.2, 0.25) is 5.95 Å². The predicted molar refractivity (Wildman–Crippen MR) is 90.0 cm³/mol. The molecule has 0 saturated carbocycles. The zero-order chi connectivity index (χ0) is 19.2. The van der Waals surface area contributed by atoms with Crippen LogP contribution in [0.2, 0.25) is 0 Å². The fourth-order valence-corrected chi connectivity index (χ4v) is 3.03. The summed E-state index contributed by atoms with van der Waals surface area (Å²) in [6, 6.07) is 7.66. The Hall–Kier alpha value is -3.61. The van der Waals surface area contributed by atoms with Gasteiger partial charge in [0.05, 0.1) is 30.7 Å². The van der Waals surface area contributed by atoms with Crippen molar-refractivity contribution in [2.75, 3.05) is 16.3 Å². The summed E-state index contributed by atoms with van der Waals surface area (Å²) in [7, 11) is 0. The van der Waals surface area contributed by atoms with Gasteiger partial charge in [-0.05, 0) is 0 Å². The number of anilines is 2. The van der Waals surface area contributed by atoms with E-state index in [-0.39, 0.29) is 12.5 Å². The van der Waals surface area contributed by atoms with Crippen LogP contribution < -0.4 is 9.80 Å². The summed E-state index contributed by atoms with van der Waals surface area (Å²) in [6.07, 6.45) is -0.911. The molecule has 0 spiro atoms. The number of urea groups is 1. The molecule has 1 aliphatic heterocycles. The van der Waals surface area contributed by atoms with Gasteiger partial charge in [-0.15, -0.1) is 0 Å². The standard InChI is InChI=1S/C17H11F3N6O/c18-17(19,20)14-8-23-15(24-14)25-9-11(5-21)26(16(25)27)13-7-22-6-10-3-1-2-4-12(10)13/h1-4,6-8,11H,9H2,(H,23,24)/t11-/m0/s1.